The molecule has 9 aromatic carbocycles. The van der Waals surface area contributed by atoms with Crippen LogP contribution in [0, 0.1) is 0 Å². The van der Waals surface area contributed by atoms with E-state index in [9.17, 15) is 14.4 Å². The number of rotatable bonds is 6. The molecule has 10 rings (SSSR count). The molecule has 1 aliphatic rings. The molecule has 304 valence electrons. The summed E-state index contributed by atoms with van der Waals surface area (Å²) < 4.78 is 5.47. The molecule has 3 amide bonds. The molecule has 9 nitrogen and oxygen atoms in total. The topological polar surface area (TPSA) is 94.2 Å². The van der Waals surface area contributed by atoms with Crippen molar-refractivity contribution in [2.45, 2.75) is 19.6 Å². The molecule has 0 radical (unpaired) electrons. The molecule has 0 bridgehead atoms. The summed E-state index contributed by atoms with van der Waals surface area (Å²) in [7, 11) is 0. The monoisotopic (exact) mass is 805 g/mol. The maximum absolute atomic E-state index is 13.5. The average molecular weight is 806 g/mol. The van der Waals surface area contributed by atoms with Crippen molar-refractivity contribution in [3.05, 3.63) is 156 Å². The lowest BCUT2D eigenvalue weighted by atomic mass is 9.92. The first-order chi connectivity index (χ1) is 29.9. The van der Waals surface area contributed by atoms with Crippen LogP contribution in [0.4, 0.5) is 4.79 Å². The normalized spacial score (nSPS) is 16.2. The van der Waals surface area contributed by atoms with E-state index in [1.807, 2.05) is 30.3 Å². The van der Waals surface area contributed by atoms with Crippen LogP contribution in [0.2, 0.25) is 0 Å². The molecule has 1 heterocycles. The highest BCUT2D eigenvalue weighted by molar-refractivity contribution is 6.24. The lowest BCUT2D eigenvalue weighted by molar-refractivity contribution is -0.124. The van der Waals surface area contributed by atoms with Crippen LogP contribution in [-0.2, 0) is 34.0 Å². The Hall–Kier alpha value is -6.81. The Bertz CT molecular complexity index is 3010. The SMILES string of the molecule is O=C1COC(=O)N(Cc2ccccc2)CC(=O)NCCN(Cc2ccc3ccc4cccc5ccc2c3c45)CCN(Cc2ccc3ccc4cccc5ccc2c3c45)CCN1. The zero-order chi connectivity index (χ0) is 41.3. The van der Waals surface area contributed by atoms with Crippen molar-refractivity contribution in [2.75, 3.05) is 52.4 Å². The lowest BCUT2D eigenvalue weighted by Crippen LogP contribution is -2.43. The fraction of sp³-hybridized carbons (Fsp3) is 0.212. The third kappa shape index (κ3) is 7.86. The van der Waals surface area contributed by atoms with Gasteiger partial charge in [0.15, 0.2) is 6.61 Å². The summed E-state index contributed by atoms with van der Waals surface area (Å²) in [4.78, 5) is 46.1. The van der Waals surface area contributed by atoms with Gasteiger partial charge in [-0.25, -0.2) is 4.79 Å². The molecule has 61 heavy (non-hydrogen) atoms. The van der Waals surface area contributed by atoms with Gasteiger partial charge in [-0.15, -0.1) is 0 Å². The first-order valence-corrected chi connectivity index (χ1v) is 21.2. The van der Waals surface area contributed by atoms with Gasteiger partial charge in [-0.2, -0.15) is 0 Å². The summed E-state index contributed by atoms with van der Waals surface area (Å²) in [5, 5.41) is 21.0. The summed E-state index contributed by atoms with van der Waals surface area (Å²) in [5.41, 5.74) is 3.30. The number of carbonyl (C=O) groups excluding carboxylic acids is 3. The highest BCUT2D eigenvalue weighted by Gasteiger charge is 2.22. The highest BCUT2D eigenvalue weighted by atomic mass is 16.6. The fourth-order valence-corrected chi connectivity index (χ4v) is 9.37. The molecule has 0 aromatic heterocycles. The molecule has 9 heteroatoms. The van der Waals surface area contributed by atoms with E-state index in [0.29, 0.717) is 39.3 Å². The number of benzene rings is 9. The molecular formula is C52H47N5O4. The van der Waals surface area contributed by atoms with Gasteiger partial charge in [-0.1, -0.05) is 140 Å². The van der Waals surface area contributed by atoms with E-state index in [4.69, 9.17) is 4.74 Å². The van der Waals surface area contributed by atoms with E-state index in [1.54, 1.807) is 0 Å². The summed E-state index contributed by atoms with van der Waals surface area (Å²) in [5.74, 6) is -0.680. The Labute approximate surface area is 354 Å². The number of nitrogens with one attached hydrogen (secondary N) is 2. The molecule has 1 aliphatic heterocycles. The van der Waals surface area contributed by atoms with Crippen molar-refractivity contribution < 1.29 is 19.1 Å². The van der Waals surface area contributed by atoms with Gasteiger partial charge < -0.3 is 15.4 Å². The predicted octanol–water partition coefficient (Wildman–Crippen LogP) is 8.67. The van der Waals surface area contributed by atoms with E-state index >= 15 is 0 Å². The smallest absolute Gasteiger partial charge is 0.411 e. The maximum atomic E-state index is 13.5. The predicted molar refractivity (Wildman–Crippen MR) is 245 cm³/mol. The van der Waals surface area contributed by atoms with Crippen molar-refractivity contribution >= 4 is 82.5 Å². The Balaban J connectivity index is 0.964. The van der Waals surface area contributed by atoms with Gasteiger partial charge in [-0.3, -0.25) is 24.3 Å². The van der Waals surface area contributed by atoms with Crippen LogP contribution in [0.25, 0.3) is 64.6 Å². The van der Waals surface area contributed by atoms with Gasteiger partial charge in [-0.05, 0) is 81.3 Å². The Morgan fingerprint density at radius 1 is 0.443 bits per heavy atom. The summed E-state index contributed by atoms with van der Waals surface area (Å²) in [6.07, 6.45) is -0.718. The minimum Gasteiger partial charge on any atom is -0.439 e. The van der Waals surface area contributed by atoms with Gasteiger partial charge in [0, 0.05) is 58.9 Å². The molecule has 0 spiro atoms. The second-order valence-electron chi connectivity index (χ2n) is 16.3. The molecule has 1 fully saturated rings. The van der Waals surface area contributed by atoms with Crippen LogP contribution in [0.1, 0.15) is 16.7 Å². The third-order valence-corrected chi connectivity index (χ3v) is 12.4. The lowest BCUT2D eigenvalue weighted by Gasteiger charge is -2.29. The van der Waals surface area contributed by atoms with E-state index in [0.717, 1.165) is 18.7 Å². The van der Waals surface area contributed by atoms with Crippen LogP contribution >= 0.6 is 0 Å². The van der Waals surface area contributed by atoms with E-state index in [1.165, 1.54) is 80.7 Å². The number of hydrogen-bond donors (Lipinski definition) is 2. The Morgan fingerprint density at radius 3 is 1.43 bits per heavy atom. The summed E-state index contributed by atoms with van der Waals surface area (Å²) in [6, 6.07) is 49.1. The summed E-state index contributed by atoms with van der Waals surface area (Å²) >= 11 is 0. The van der Waals surface area contributed by atoms with E-state index in [2.05, 4.69) is 130 Å². The number of cyclic esters (lactones) is 1. The second kappa shape index (κ2) is 16.7. The Morgan fingerprint density at radius 2 is 0.902 bits per heavy atom. The van der Waals surface area contributed by atoms with E-state index < -0.39 is 12.7 Å². The average Bonchev–Trinajstić information content (AvgIpc) is 3.29. The van der Waals surface area contributed by atoms with Gasteiger partial charge >= 0.3 is 6.09 Å². The number of nitrogens with zero attached hydrogens (tertiary/aromatic N) is 3. The van der Waals surface area contributed by atoms with E-state index in [-0.39, 0.29) is 24.9 Å². The van der Waals surface area contributed by atoms with Gasteiger partial charge in [0.1, 0.15) is 6.54 Å². The minimum atomic E-state index is -0.718. The zero-order valence-corrected chi connectivity index (χ0v) is 34.0. The molecule has 0 unspecified atom stereocenters. The number of hydrogen-bond acceptors (Lipinski definition) is 6. The third-order valence-electron chi connectivity index (χ3n) is 12.4. The number of amides is 3. The molecule has 9 aromatic rings. The zero-order valence-electron chi connectivity index (χ0n) is 34.0. The molecular weight excluding hydrogens is 759 g/mol. The largest absolute Gasteiger partial charge is 0.439 e. The minimum absolute atomic E-state index is 0.174. The number of carbonyl (C=O) groups is 3. The number of ether oxygens (including phenoxy) is 1. The van der Waals surface area contributed by atoms with Crippen LogP contribution in [0.5, 0.6) is 0 Å². The van der Waals surface area contributed by atoms with Crippen molar-refractivity contribution in [3.8, 4) is 0 Å². The quantitative estimate of drug-likeness (QED) is 0.164. The first-order valence-electron chi connectivity index (χ1n) is 21.2. The summed E-state index contributed by atoms with van der Waals surface area (Å²) in [6.45, 7) is 4.30. The van der Waals surface area contributed by atoms with Crippen molar-refractivity contribution in [2.24, 2.45) is 0 Å². The van der Waals surface area contributed by atoms with Gasteiger partial charge in [0.2, 0.25) is 5.91 Å². The van der Waals surface area contributed by atoms with Crippen molar-refractivity contribution in [3.63, 3.8) is 0 Å². The van der Waals surface area contributed by atoms with Crippen LogP contribution in [0.3, 0.4) is 0 Å². The van der Waals surface area contributed by atoms with Crippen molar-refractivity contribution in [1.82, 2.24) is 25.3 Å². The molecule has 0 saturated carbocycles. The molecule has 1 saturated heterocycles. The highest BCUT2D eigenvalue weighted by Crippen LogP contribution is 2.38. The first kappa shape index (κ1) is 38.4. The van der Waals surface area contributed by atoms with Crippen LogP contribution in [0.15, 0.2) is 140 Å². The van der Waals surface area contributed by atoms with Gasteiger partial charge in [0.25, 0.3) is 5.91 Å². The van der Waals surface area contributed by atoms with Gasteiger partial charge in [0.05, 0.1) is 0 Å². The molecule has 0 aliphatic carbocycles. The molecule has 0 atom stereocenters. The van der Waals surface area contributed by atoms with Crippen LogP contribution < -0.4 is 10.6 Å². The fourth-order valence-electron chi connectivity index (χ4n) is 9.37. The maximum Gasteiger partial charge on any atom is 0.411 e. The standard InChI is InChI=1S/C52H47N5O4/c58-46-33-57(30-35-6-2-1-3-7-35)52(60)61-34-47(59)54-25-27-56(32-43-19-17-41-15-13-37-9-5-11-39-21-23-45(43)51(41)49(37)39)29-28-55(26-24-53-46)31-42-18-16-40-14-12-36-8-4-10-38-20-22-44(42)50(40)48(36)38/h1-23H,24-34H2,(H,53,58)(H,54,59). The van der Waals surface area contributed by atoms with Crippen LogP contribution in [-0.4, -0.2) is 85.0 Å². The Kier molecular flexibility index (Phi) is 10.5. The van der Waals surface area contributed by atoms with Crippen molar-refractivity contribution in [1.29, 1.82) is 0 Å². The second-order valence-corrected chi connectivity index (χ2v) is 16.3. The molecule has 2 N–H and O–H groups in total.